The number of unbranched alkanes of at least 4 members (excludes halogenated alkanes) is 13. The van der Waals surface area contributed by atoms with Gasteiger partial charge in [0, 0.05) is 12.2 Å². The number of nitrogens with one attached hydrogen (secondary N) is 1. The number of hydrogen-bond acceptors (Lipinski definition) is 8. The summed E-state index contributed by atoms with van der Waals surface area (Å²) in [5, 5.41) is 13.3. The maximum Gasteiger partial charge on any atom is 0.350 e. The Hall–Kier alpha value is -2.68. The second-order valence-corrected chi connectivity index (χ2v) is 9.99. The largest absolute Gasteiger partial charge is 0.464 e. The van der Waals surface area contributed by atoms with Crippen LogP contribution >= 0.6 is 0 Å². The van der Waals surface area contributed by atoms with Gasteiger partial charge < -0.3 is 24.6 Å². The summed E-state index contributed by atoms with van der Waals surface area (Å²) in [7, 11) is 0. The minimum Gasteiger partial charge on any atom is -0.464 e. The lowest BCUT2D eigenvalue weighted by molar-refractivity contribution is -0.173. The summed E-state index contributed by atoms with van der Waals surface area (Å²) in [4.78, 5) is 36.5. The first kappa shape index (κ1) is 35.3. The van der Waals surface area contributed by atoms with Crippen molar-refractivity contribution in [1.82, 2.24) is 0 Å². The summed E-state index contributed by atoms with van der Waals surface area (Å²) < 4.78 is 29.1. The van der Waals surface area contributed by atoms with Crippen LogP contribution in [0.1, 0.15) is 121 Å². The van der Waals surface area contributed by atoms with Crippen LogP contribution in [0.3, 0.4) is 0 Å². The van der Waals surface area contributed by atoms with Crippen LogP contribution in [0.25, 0.3) is 0 Å². The van der Waals surface area contributed by atoms with Gasteiger partial charge in [0.15, 0.2) is 6.10 Å². The maximum absolute atomic E-state index is 14.7. The first-order valence-electron chi connectivity index (χ1n) is 15.1. The van der Waals surface area contributed by atoms with Gasteiger partial charge in [-0.3, -0.25) is 0 Å². The van der Waals surface area contributed by atoms with Gasteiger partial charge >= 0.3 is 17.9 Å². The molecule has 0 spiro atoms. The van der Waals surface area contributed by atoms with Gasteiger partial charge in [-0.15, -0.1) is 0 Å². The van der Waals surface area contributed by atoms with Crippen LogP contribution in [0, 0.1) is 5.82 Å². The van der Waals surface area contributed by atoms with Gasteiger partial charge in [-0.2, -0.15) is 0 Å². The fourth-order valence-electron chi connectivity index (χ4n) is 4.34. The maximum atomic E-state index is 14.7. The third kappa shape index (κ3) is 14.6. The molecule has 0 radical (unpaired) electrons. The molecule has 8 nitrogen and oxygen atoms in total. The number of anilines is 1. The number of carbonyl (C=O) groups is 3. The Morgan fingerprint density at radius 3 is 1.77 bits per heavy atom. The zero-order valence-electron chi connectivity index (χ0n) is 24.7. The molecule has 0 fully saturated rings. The molecule has 9 heteroatoms. The van der Waals surface area contributed by atoms with E-state index < -0.39 is 41.5 Å². The standard InChI is InChI=1S/C31H50FNO7/c1-4-7-8-9-10-11-12-13-14-15-16-17-18-19-22-33-24-20-21-25(26(32)23-24)29(35)40-28(31(37)39-6-3)27(34)30(36)38-5-2/h20-21,23,27-28,33-34H,4-19,22H2,1-3H3. The number of ether oxygens (including phenoxy) is 3. The molecule has 40 heavy (non-hydrogen) atoms. The molecule has 0 heterocycles. The van der Waals surface area contributed by atoms with Gasteiger partial charge in [0.05, 0.1) is 18.8 Å². The highest BCUT2D eigenvalue weighted by Gasteiger charge is 2.38. The highest BCUT2D eigenvalue weighted by molar-refractivity contribution is 5.94. The lowest BCUT2D eigenvalue weighted by Gasteiger charge is -2.20. The molecule has 2 N–H and O–H groups in total. The molecule has 0 saturated carbocycles. The summed E-state index contributed by atoms with van der Waals surface area (Å²) in [6.45, 7) is 5.83. The topological polar surface area (TPSA) is 111 Å². The van der Waals surface area contributed by atoms with Crippen LogP contribution < -0.4 is 5.32 Å². The number of esters is 3. The number of hydrogen-bond donors (Lipinski definition) is 2. The van der Waals surface area contributed by atoms with E-state index >= 15 is 0 Å². The van der Waals surface area contributed by atoms with E-state index in [1.165, 1.54) is 109 Å². The van der Waals surface area contributed by atoms with Crippen molar-refractivity contribution in [3.63, 3.8) is 0 Å². The highest BCUT2D eigenvalue weighted by atomic mass is 19.1. The van der Waals surface area contributed by atoms with Crippen LogP contribution in [0.15, 0.2) is 18.2 Å². The second-order valence-electron chi connectivity index (χ2n) is 9.99. The van der Waals surface area contributed by atoms with Gasteiger partial charge in [0.25, 0.3) is 0 Å². The molecule has 0 aromatic heterocycles. The molecule has 1 rings (SSSR count). The van der Waals surface area contributed by atoms with E-state index in [0.29, 0.717) is 12.2 Å². The molecule has 228 valence electrons. The highest BCUT2D eigenvalue weighted by Crippen LogP contribution is 2.18. The van der Waals surface area contributed by atoms with Crippen molar-refractivity contribution >= 4 is 23.6 Å². The van der Waals surface area contributed by atoms with E-state index in [-0.39, 0.29) is 13.2 Å². The molecule has 0 aliphatic carbocycles. The van der Waals surface area contributed by atoms with Gasteiger partial charge in [-0.1, -0.05) is 90.4 Å². The number of carbonyl (C=O) groups excluding carboxylic acids is 3. The van der Waals surface area contributed by atoms with Gasteiger partial charge in [-0.05, 0) is 38.5 Å². The van der Waals surface area contributed by atoms with Crippen LogP contribution in [0.4, 0.5) is 10.1 Å². The van der Waals surface area contributed by atoms with E-state index in [1.54, 1.807) is 0 Å². The fourth-order valence-corrected chi connectivity index (χ4v) is 4.34. The van der Waals surface area contributed by atoms with Crippen molar-refractivity contribution < 1.29 is 38.1 Å². The smallest absolute Gasteiger partial charge is 0.350 e. The van der Waals surface area contributed by atoms with E-state index in [9.17, 15) is 23.9 Å². The Morgan fingerprint density at radius 1 is 0.775 bits per heavy atom. The average molecular weight is 568 g/mol. The first-order valence-corrected chi connectivity index (χ1v) is 15.1. The molecule has 1 aromatic rings. The minimum atomic E-state index is -2.10. The first-order chi connectivity index (χ1) is 19.3. The predicted molar refractivity (Wildman–Crippen MR) is 154 cm³/mol. The van der Waals surface area contributed by atoms with E-state index in [4.69, 9.17) is 9.47 Å². The fraction of sp³-hybridized carbons (Fsp3) is 0.710. The number of benzene rings is 1. The molecule has 0 bridgehead atoms. The molecule has 2 unspecified atom stereocenters. The average Bonchev–Trinajstić information content (AvgIpc) is 2.93. The van der Waals surface area contributed by atoms with Gasteiger partial charge in [0.1, 0.15) is 5.82 Å². The van der Waals surface area contributed by atoms with E-state index in [2.05, 4.69) is 17.0 Å². The van der Waals surface area contributed by atoms with Crippen LogP contribution in [-0.4, -0.2) is 55.0 Å². The molecule has 0 aliphatic rings. The number of aliphatic hydroxyl groups is 1. The molecule has 0 amide bonds. The van der Waals surface area contributed by atoms with Crippen LogP contribution in [0.2, 0.25) is 0 Å². The minimum absolute atomic E-state index is 0.0537. The lowest BCUT2D eigenvalue weighted by atomic mass is 10.0. The van der Waals surface area contributed by atoms with Crippen LogP contribution in [-0.2, 0) is 23.8 Å². The third-order valence-corrected chi connectivity index (χ3v) is 6.62. The Kier molecular flexibility index (Phi) is 19.5. The predicted octanol–water partition coefficient (Wildman–Crippen LogP) is 6.73. The second kappa shape index (κ2) is 22.1. The number of rotatable bonds is 23. The van der Waals surface area contributed by atoms with Gasteiger partial charge in [-0.25, -0.2) is 18.8 Å². The number of aliphatic hydroxyl groups excluding tert-OH is 1. The molecule has 2 atom stereocenters. The quantitative estimate of drug-likeness (QED) is 0.0851. The third-order valence-electron chi connectivity index (χ3n) is 6.62. The Bertz CT molecular complexity index is 864. The zero-order chi connectivity index (χ0) is 29.6. The van der Waals surface area contributed by atoms with Crippen molar-refractivity contribution in [3.8, 4) is 0 Å². The van der Waals surface area contributed by atoms with E-state index in [0.717, 1.165) is 12.8 Å². The SMILES string of the molecule is CCCCCCCCCCCCCCCCNc1ccc(C(=O)OC(C(=O)OCC)C(O)C(=O)OCC)c(F)c1. The lowest BCUT2D eigenvalue weighted by Crippen LogP contribution is -2.44. The Labute approximate surface area is 239 Å². The molecule has 0 aliphatic heterocycles. The molecule has 1 aromatic carbocycles. The Morgan fingerprint density at radius 2 is 1.27 bits per heavy atom. The van der Waals surface area contributed by atoms with Crippen molar-refractivity contribution in [1.29, 1.82) is 0 Å². The monoisotopic (exact) mass is 567 g/mol. The Balaban J connectivity index is 2.35. The molecular weight excluding hydrogens is 517 g/mol. The van der Waals surface area contributed by atoms with Crippen molar-refractivity contribution in [2.75, 3.05) is 25.1 Å². The molecular formula is C31H50FNO7. The van der Waals surface area contributed by atoms with Crippen LogP contribution in [0.5, 0.6) is 0 Å². The van der Waals surface area contributed by atoms with E-state index in [1.807, 2.05) is 0 Å². The zero-order valence-corrected chi connectivity index (χ0v) is 24.7. The normalized spacial score (nSPS) is 12.4. The van der Waals surface area contributed by atoms with Crippen molar-refractivity contribution in [3.05, 3.63) is 29.6 Å². The molecule has 0 saturated heterocycles. The summed E-state index contributed by atoms with van der Waals surface area (Å²) >= 11 is 0. The summed E-state index contributed by atoms with van der Waals surface area (Å²) in [5.41, 5.74) is 0.0737. The van der Waals surface area contributed by atoms with Gasteiger partial charge in [0.2, 0.25) is 6.10 Å². The van der Waals surface area contributed by atoms with Crippen molar-refractivity contribution in [2.45, 2.75) is 123 Å². The van der Waals surface area contributed by atoms with Crippen molar-refractivity contribution in [2.24, 2.45) is 0 Å². The number of halogens is 1. The summed E-state index contributed by atoms with van der Waals surface area (Å²) in [5.74, 6) is -4.36. The summed E-state index contributed by atoms with van der Waals surface area (Å²) in [6.07, 6.45) is 13.8. The summed E-state index contributed by atoms with van der Waals surface area (Å²) in [6, 6.07) is 3.93.